The molecule has 1 aromatic heterocycles. The van der Waals surface area contributed by atoms with Crippen LogP contribution in [-0.2, 0) is 9.53 Å². The van der Waals surface area contributed by atoms with E-state index in [1.54, 1.807) is 0 Å². The summed E-state index contributed by atoms with van der Waals surface area (Å²) in [7, 11) is 1.32. The first-order valence-electron chi connectivity index (χ1n) is 11.2. The van der Waals surface area contributed by atoms with Gasteiger partial charge in [-0.05, 0) is 61.9 Å². The Labute approximate surface area is 184 Å². The molecule has 0 saturated heterocycles. The van der Waals surface area contributed by atoms with Crippen LogP contribution in [0.15, 0.2) is 12.3 Å². The Hall–Kier alpha value is -2.35. The molecule has 1 aromatic rings. The number of carbonyl (C=O) groups excluding carboxylic acids is 1. The highest BCUT2D eigenvalue weighted by molar-refractivity contribution is 5.96. The molecular weight excluding hydrogens is 398 g/mol. The van der Waals surface area contributed by atoms with E-state index in [-0.39, 0.29) is 17.9 Å². The van der Waals surface area contributed by atoms with Crippen LogP contribution in [0.5, 0.6) is 5.88 Å². The van der Waals surface area contributed by atoms with Gasteiger partial charge in [0.1, 0.15) is 5.56 Å². The normalized spacial score (nSPS) is 26.7. The van der Waals surface area contributed by atoms with Gasteiger partial charge >= 0.3 is 5.97 Å². The molecule has 172 valence electrons. The van der Waals surface area contributed by atoms with Gasteiger partial charge in [0.15, 0.2) is 6.10 Å². The lowest BCUT2D eigenvalue weighted by Crippen LogP contribution is -2.43. The van der Waals surface area contributed by atoms with Crippen LogP contribution < -0.4 is 10.1 Å². The van der Waals surface area contributed by atoms with Gasteiger partial charge in [-0.15, -0.1) is 0 Å². The van der Waals surface area contributed by atoms with Gasteiger partial charge in [-0.1, -0.05) is 20.8 Å². The van der Waals surface area contributed by atoms with Gasteiger partial charge in [-0.3, -0.25) is 4.79 Å². The minimum absolute atomic E-state index is 0.172. The lowest BCUT2D eigenvalue weighted by atomic mass is 9.67. The van der Waals surface area contributed by atoms with E-state index in [9.17, 15) is 9.59 Å². The van der Waals surface area contributed by atoms with E-state index in [1.807, 2.05) is 13.8 Å². The average Bonchev–Trinajstić information content (AvgIpc) is 3.08. The first-order valence-corrected chi connectivity index (χ1v) is 11.2. The third kappa shape index (κ3) is 6.09. The Bertz CT molecular complexity index is 785. The predicted octanol–water partition coefficient (Wildman–Crippen LogP) is 3.43. The van der Waals surface area contributed by atoms with Crippen molar-refractivity contribution in [2.45, 2.75) is 65.0 Å². The van der Waals surface area contributed by atoms with Gasteiger partial charge in [-0.25, -0.2) is 9.48 Å². The zero-order valence-electron chi connectivity index (χ0n) is 18.9. The fourth-order valence-corrected chi connectivity index (χ4v) is 4.99. The number of rotatable bonds is 9. The maximum absolute atomic E-state index is 13.1. The number of carboxylic acid groups (broad SMARTS) is 1. The fourth-order valence-electron chi connectivity index (χ4n) is 4.99. The molecule has 2 N–H and O–H groups in total. The summed E-state index contributed by atoms with van der Waals surface area (Å²) in [4.78, 5) is 24.3. The van der Waals surface area contributed by atoms with E-state index >= 15 is 0 Å². The summed E-state index contributed by atoms with van der Waals surface area (Å²) < 4.78 is 12.2. The molecule has 2 bridgehead atoms. The number of aromatic nitrogens is 2. The predicted molar refractivity (Wildman–Crippen MR) is 117 cm³/mol. The van der Waals surface area contributed by atoms with Crippen molar-refractivity contribution in [2.75, 3.05) is 13.7 Å². The van der Waals surface area contributed by atoms with Crippen molar-refractivity contribution in [2.24, 2.45) is 23.7 Å². The summed E-state index contributed by atoms with van der Waals surface area (Å²) in [5, 5.41) is 16.6. The minimum Gasteiger partial charge on any atom is -0.479 e. The molecule has 2 saturated carbocycles. The molecule has 2 fully saturated rings. The monoisotopic (exact) mass is 433 g/mol. The van der Waals surface area contributed by atoms with Crippen molar-refractivity contribution in [3.05, 3.63) is 17.8 Å². The average molecular weight is 434 g/mol. The summed E-state index contributed by atoms with van der Waals surface area (Å²) in [6, 6.07) is 0.172. The Morgan fingerprint density at radius 3 is 2.52 bits per heavy atom. The summed E-state index contributed by atoms with van der Waals surface area (Å²) in [6.45, 7) is 6.78. The quantitative estimate of drug-likeness (QED) is 0.618. The molecule has 2 aliphatic rings. The molecular formula is C23H35N3O5. The molecule has 0 aromatic carbocycles. The number of carboxylic acids is 1. The number of aliphatic carboxylic acids is 1. The molecule has 0 spiro atoms. The second kappa shape index (κ2) is 10.3. The van der Waals surface area contributed by atoms with E-state index in [1.165, 1.54) is 49.5 Å². The maximum atomic E-state index is 13.1. The summed E-state index contributed by atoms with van der Waals surface area (Å²) in [6.07, 6.45) is 9.02. The maximum Gasteiger partial charge on any atom is 0.336 e. The molecule has 1 amide bonds. The topological polar surface area (TPSA) is 103 Å². The van der Waals surface area contributed by atoms with Crippen LogP contribution in [0.3, 0.4) is 0 Å². The van der Waals surface area contributed by atoms with Gasteiger partial charge < -0.3 is 19.9 Å². The van der Waals surface area contributed by atoms with E-state index in [0.717, 1.165) is 18.8 Å². The number of carbonyl (C=O) groups is 2. The van der Waals surface area contributed by atoms with E-state index in [4.69, 9.17) is 14.6 Å². The number of methoxy groups -OCH3 is 1. The number of amides is 1. The van der Waals surface area contributed by atoms with Crippen LogP contribution in [0, 0.1) is 23.7 Å². The second-order valence-corrected chi connectivity index (χ2v) is 9.53. The standard InChI is InChI=1S/C23H35N3O5/c1-14(2)13-31-22-19(12-24-26(22)6-5-20(30-4)23(28)29)21(27)25-18-10-16-7-15(3)8-17(9-16)11-18/h5-6,12,14-18,20H,7-11,13H2,1-4H3,(H,25,27)(H,28,29)/b6-5+. The first kappa shape index (κ1) is 23.3. The molecule has 0 aliphatic heterocycles. The smallest absolute Gasteiger partial charge is 0.336 e. The van der Waals surface area contributed by atoms with E-state index in [0.29, 0.717) is 29.9 Å². The fraction of sp³-hybridized carbons (Fsp3) is 0.696. The molecule has 1 heterocycles. The van der Waals surface area contributed by atoms with Crippen molar-refractivity contribution in [3.8, 4) is 5.88 Å². The third-order valence-electron chi connectivity index (χ3n) is 6.16. The van der Waals surface area contributed by atoms with Crippen LogP contribution in [0.25, 0.3) is 6.20 Å². The molecule has 8 heteroatoms. The summed E-state index contributed by atoms with van der Waals surface area (Å²) >= 11 is 0. The molecule has 31 heavy (non-hydrogen) atoms. The van der Waals surface area contributed by atoms with Gasteiger partial charge in [0, 0.05) is 19.4 Å². The minimum atomic E-state index is -1.11. The summed E-state index contributed by atoms with van der Waals surface area (Å²) in [5.74, 6) is 1.43. The van der Waals surface area contributed by atoms with Crippen molar-refractivity contribution >= 4 is 18.1 Å². The number of fused-ring (bicyclic) bond motifs is 2. The zero-order chi connectivity index (χ0) is 22.5. The molecule has 8 nitrogen and oxygen atoms in total. The Morgan fingerprint density at radius 2 is 1.94 bits per heavy atom. The second-order valence-electron chi connectivity index (χ2n) is 9.53. The van der Waals surface area contributed by atoms with Crippen LogP contribution in [0.1, 0.15) is 63.2 Å². The van der Waals surface area contributed by atoms with Crippen molar-refractivity contribution in [3.63, 3.8) is 0 Å². The third-order valence-corrected chi connectivity index (χ3v) is 6.16. The molecule has 3 rings (SSSR count). The Morgan fingerprint density at radius 1 is 1.26 bits per heavy atom. The zero-order valence-corrected chi connectivity index (χ0v) is 18.9. The van der Waals surface area contributed by atoms with Crippen LogP contribution >= 0.6 is 0 Å². The number of hydrogen-bond donors (Lipinski definition) is 2. The SMILES string of the molecule is COC(/C=C/n1ncc(C(=O)NC2CC3CC(C)CC(C3)C2)c1OCC(C)C)C(=O)O. The first-order chi connectivity index (χ1) is 14.8. The number of nitrogens with one attached hydrogen (secondary N) is 1. The van der Waals surface area contributed by atoms with Crippen molar-refractivity contribution in [1.82, 2.24) is 15.1 Å². The van der Waals surface area contributed by atoms with Gasteiger partial charge in [0.2, 0.25) is 5.88 Å². The molecule has 0 radical (unpaired) electrons. The number of ether oxygens (including phenoxy) is 2. The lowest BCUT2D eigenvalue weighted by Gasteiger charge is -2.41. The summed E-state index contributed by atoms with van der Waals surface area (Å²) in [5.41, 5.74) is 0.360. The number of hydrogen-bond acceptors (Lipinski definition) is 5. The van der Waals surface area contributed by atoms with Gasteiger partial charge in [0.25, 0.3) is 5.91 Å². The van der Waals surface area contributed by atoms with Crippen LogP contribution in [0.2, 0.25) is 0 Å². The van der Waals surface area contributed by atoms with E-state index < -0.39 is 12.1 Å². The van der Waals surface area contributed by atoms with Crippen LogP contribution in [0.4, 0.5) is 0 Å². The largest absolute Gasteiger partial charge is 0.479 e. The van der Waals surface area contributed by atoms with Crippen molar-refractivity contribution < 1.29 is 24.2 Å². The molecule has 3 unspecified atom stereocenters. The van der Waals surface area contributed by atoms with Gasteiger partial charge in [-0.2, -0.15) is 5.10 Å². The van der Waals surface area contributed by atoms with Crippen molar-refractivity contribution in [1.29, 1.82) is 0 Å². The van der Waals surface area contributed by atoms with E-state index in [2.05, 4.69) is 17.3 Å². The molecule has 2 aliphatic carbocycles. The van der Waals surface area contributed by atoms with Gasteiger partial charge in [0.05, 0.1) is 12.8 Å². The highest BCUT2D eigenvalue weighted by atomic mass is 16.5. The van der Waals surface area contributed by atoms with Crippen LogP contribution in [-0.4, -0.2) is 52.6 Å². The highest BCUT2D eigenvalue weighted by Crippen LogP contribution is 2.42. The number of nitrogens with zero attached hydrogens (tertiary/aromatic N) is 2. The Balaban J connectivity index is 1.74. The lowest BCUT2D eigenvalue weighted by molar-refractivity contribution is -0.145. The highest BCUT2D eigenvalue weighted by Gasteiger charge is 2.35. The Kier molecular flexibility index (Phi) is 7.75. The molecule has 3 atom stereocenters.